The second kappa shape index (κ2) is 10.2. The molecule has 0 radical (unpaired) electrons. The van der Waals surface area contributed by atoms with Crippen molar-refractivity contribution in [2.24, 2.45) is 0 Å². The summed E-state index contributed by atoms with van der Waals surface area (Å²) in [6.45, 7) is 6.87. The number of hydrogen-bond donors (Lipinski definition) is 2. The fraction of sp³-hybridized carbons (Fsp3) is 0.269. The summed E-state index contributed by atoms with van der Waals surface area (Å²) in [5.41, 5.74) is 4.08. The molecule has 2 N–H and O–H groups in total. The van der Waals surface area contributed by atoms with Crippen molar-refractivity contribution in [1.29, 1.82) is 0 Å². The lowest BCUT2D eigenvalue weighted by molar-refractivity contribution is -0.136. The van der Waals surface area contributed by atoms with Crippen molar-refractivity contribution in [2.45, 2.75) is 33.6 Å². The van der Waals surface area contributed by atoms with E-state index in [1.54, 1.807) is 17.4 Å². The van der Waals surface area contributed by atoms with Gasteiger partial charge in [-0.05, 0) is 50.3 Å². The lowest BCUT2D eigenvalue weighted by Crippen LogP contribution is -2.07. The van der Waals surface area contributed by atoms with Crippen molar-refractivity contribution in [1.82, 2.24) is 9.97 Å². The van der Waals surface area contributed by atoms with Crippen molar-refractivity contribution < 1.29 is 19.0 Å². The molecular formula is C26H26FN3O3S. The predicted octanol–water partition coefficient (Wildman–Crippen LogP) is 5.79. The van der Waals surface area contributed by atoms with Gasteiger partial charge in [0.2, 0.25) is 0 Å². The molecule has 0 aliphatic rings. The average Bonchev–Trinajstić information content (AvgIpc) is 3.13. The van der Waals surface area contributed by atoms with Crippen molar-refractivity contribution in [3.63, 3.8) is 0 Å². The summed E-state index contributed by atoms with van der Waals surface area (Å²) in [7, 11) is 0. The molecule has 0 saturated carbocycles. The molecule has 34 heavy (non-hydrogen) atoms. The van der Waals surface area contributed by atoms with E-state index in [1.165, 1.54) is 22.8 Å². The molecule has 4 aromatic rings. The molecule has 2 heterocycles. The maximum absolute atomic E-state index is 13.9. The zero-order valence-corrected chi connectivity index (χ0v) is 20.1. The maximum Gasteiger partial charge on any atom is 0.307 e. The SMILES string of the molecule is CCOc1cc(-c2cc(NCCc3c(C)sc4c(C)c(F)ccc34)ncn2)ccc1CC(=O)O. The van der Waals surface area contributed by atoms with Crippen LogP contribution in [-0.4, -0.2) is 34.2 Å². The summed E-state index contributed by atoms with van der Waals surface area (Å²) in [6, 6.07) is 10.7. The van der Waals surface area contributed by atoms with Gasteiger partial charge in [0.15, 0.2) is 0 Å². The van der Waals surface area contributed by atoms with Gasteiger partial charge in [0.25, 0.3) is 0 Å². The van der Waals surface area contributed by atoms with E-state index < -0.39 is 5.97 Å². The lowest BCUT2D eigenvalue weighted by atomic mass is 10.0. The Morgan fingerprint density at radius 2 is 2.00 bits per heavy atom. The van der Waals surface area contributed by atoms with Gasteiger partial charge >= 0.3 is 5.97 Å². The molecule has 4 rings (SSSR count). The molecule has 0 bridgehead atoms. The number of benzene rings is 2. The van der Waals surface area contributed by atoms with E-state index in [0.29, 0.717) is 41.5 Å². The summed E-state index contributed by atoms with van der Waals surface area (Å²) >= 11 is 1.63. The summed E-state index contributed by atoms with van der Waals surface area (Å²) in [5.74, 6) is 0.158. The monoisotopic (exact) mass is 479 g/mol. The predicted molar refractivity (Wildman–Crippen MR) is 133 cm³/mol. The molecule has 0 fully saturated rings. The van der Waals surface area contributed by atoms with E-state index in [4.69, 9.17) is 9.84 Å². The Kier molecular flexibility index (Phi) is 7.07. The zero-order valence-electron chi connectivity index (χ0n) is 19.3. The minimum atomic E-state index is -0.906. The number of carboxylic acid groups (broad SMARTS) is 1. The van der Waals surface area contributed by atoms with Gasteiger partial charge < -0.3 is 15.2 Å². The number of carbonyl (C=O) groups is 1. The van der Waals surface area contributed by atoms with Crippen LogP contribution in [0.2, 0.25) is 0 Å². The van der Waals surface area contributed by atoms with Gasteiger partial charge in [-0.2, -0.15) is 0 Å². The number of fused-ring (bicyclic) bond motifs is 1. The van der Waals surface area contributed by atoms with Gasteiger partial charge in [-0.3, -0.25) is 4.79 Å². The van der Waals surface area contributed by atoms with E-state index in [0.717, 1.165) is 22.1 Å². The van der Waals surface area contributed by atoms with Crippen molar-refractivity contribution in [3.8, 4) is 17.0 Å². The second-order valence-electron chi connectivity index (χ2n) is 7.98. The highest BCUT2D eigenvalue weighted by atomic mass is 32.1. The van der Waals surface area contributed by atoms with Crippen LogP contribution in [-0.2, 0) is 17.6 Å². The van der Waals surface area contributed by atoms with Crippen LogP contribution in [0, 0.1) is 19.7 Å². The van der Waals surface area contributed by atoms with Gasteiger partial charge in [0.05, 0.1) is 18.7 Å². The first kappa shape index (κ1) is 23.6. The minimum absolute atomic E-state index is 0.102. The Morgan fingerprint density at radius 3 is 2.76 bits per heavy atom. The van der Waals surface area contributed by atoms with Crippen molar-refractivity contribution in [2.75, 3.05) is 18.5 Å². The van der Waals surface area contributed by atoms with E-state index >= 15 is 0 Å². The van der Waals surface area contributed by atoms with Gasteiger partial charge in [-0.15, -0.1) is 11.3 Å². The molecule has 6 nitrogen and oxygen atoms in total. The maximum atomic E-state index is 13.9. The number of carboxylic acids is 1. The van der Waals surface area contributed by atoms with Crippen molar-refractivity contribution in [3.05, 3.63) is 70.1 Å². The standard InChI is InChI=1S/C26H26FN3O3S/c1-4-33-23-11-17(5-6-18(23)12-25(31)32)22-13-24(30-14-29-22)28-10-9-19-16(3)34-26-15(2)21(27)8-7-20(19)26/h5-8,11,13-14H,4,9-10,12H2,1-3H3,(H,31,32)(H,28,29,30). The molecular weight excluding hydrogens is 453 g/mol. The van der Waals surface area contributed by atoms with Crippen LogP contribution >= 0.6 is 11.3 Å². The Balaban J connectivity index is 1.50. The lowest BCUT2D eigenvalue weighted by Gasteiger charge is -2.12. The summed E-state index contributed by atoms with van der Waals surface area (Å²) in [6.07, 6.45) is 2.18. The van der Waals surface area contributed by atoms with Gasteiger partial charge in [0, 0.05) is 38.9 Å². The van der Waals surface area contributed by atoms with Gasteiger partial charge in [0.1, 0.15) is 23.7 Å². The molecule has 2 aromatic carbocycles. The number of thiophene rings is 1. The number of anilines is 1. The first-order valence-electron chi connectivity index (χ1n) is 11.1. The van der Waals surface area contributed by atoms with Crippen LogP contribution < -0.4 is 10.1 Å². The first-order chi connectivity index (χ1) is 16.4. The van der Waals surface area contributed by atoms with Crippen molar-refractivity contribution >= 4 is 33.2 Å². The van der Waals surface area contributed by atoms with Gasteiger partial charge in [-0.1, -0.05) is 18.2 Å². The molecule has 8 heteroatoms. The fourth-order valence-electron chi connectivity index (χ4n) is 3.99. The number of aryl methyl sites for hydroxylation is 2. The third kappa shape index (κ3) is 5.02. The third-order valence-corrected chi connectivity index (χ3v) is 6.98. The number of nitrogens with one attached hydrogen (secondary N) is 1. The Labute approximate surface area is 201 Å². The molecule has 176 valence electrons. The Bertz CT molecular complexity index is 1350. The van der Waals surface area contributed by atoms with Gasteiger partial charge in [-0.25, -0.2) is 14.4 Å². The third-order valence-electron chi connectivity index (χ3n) is 5.70. The molecule has 0 amide bonds. The number of aromatic nitrogens is 2. The highest BCUT2D eigenvalue weighted by Gasteiger charge is 2.14. The average molecular weight is 480 g/mol. The van der Waals surface area contributed by atoms with Crippen LogP contribution in [0.3, 0.4) is 0 Å². The number of aliphatic carboxylic acids is 1. The topological polar surface area (TPSA) is 84.3 Å². The first-order valence-corrected chi connectivity index (χ1v) is 11.9. The highest BCUT2D eigenvalue weighted by Crippen LogP contribution is 2.34. The quantitative estimate of drug-likeness (QED) is 0.316. The molecule has 0 atom stereocenters. The van der Waals surface area contributed by atoms with Crippen LogP contribution in [0.5, 0.6) is 5.75 Å². The Morgan fingerprint density at radius 1 is 1.18 bits per heavy atom. The highest BCUT2D eigenvalue weighted by molar-refractivity contribution is 7.19. The van der Waals surface area contributed by atoms with E-state index in [2.05, 4.69) is 22.2 Å². The minimum Gasteiger partial charge on any atom is -0.494 e. The largest absolute Gasteiger partial charge is 0.494 e. The van der Waals surface area contributed by atoms with Crippen LogP contribution in [0.15, 0.2) is 42.7 Å². The van der Waals surface area contributed by atoms with Crippen LogP contribution in [0.4, 0.5) is 10.2 Å². The normalized spacial score (nSPS) is 11.1. The summed E-state index contributed by atoms with van der Waals surface area (Å²) < 4.78 is 20.6. The number of halogens is 1. The van der Waals surface area contributed by atoms with Crippen LogP contribution in [0.1, 0.15) is 28.5 Å². The van der Waals surface area contributed by atoms with E-state index in [9.17, 15) is 9.18 Å². The molecule has 0 unspecified atom stereocenters. The molecule has 2 aromatic heterocycles. The fourth-order valence-corrected chi connectivity index (χ4v) is 5.19. The Hall–Kier alpha value is -3.52. The number of hydrogen-bond acceptors (Lipinski definition) is 6. The van der Waals surface area contributed by atoms with Crippen LogP contribution in [0.25, 0.3) is 21.3 Å². The van der Waals surface area contributed by atoms with E-state index in [-0.39, 0.29) is 12.2 Å². The smallest absolute Gasteiger partial charge is 0.307 e. The summed E-state index contributed by atoms with van der Waals surface area (Å²) in [4.78, 5) is 21.0. The summed E-state index contributed by atoms with van der Waals surface area (Å²) in [5, 5.41) is 13.6. The number of nitrogens with zero attached hydrogens (tertiary/aromatic N) is 2. The van der Waals surface area contributed by atoms with E-state index in [1.807, 2.05) is 38.1 Å². The molecule has 0 aliphatic carbocycles. The second-order valence-corrected chi connectivity index (χ2v) is 9.20. The molecule has 0 spiro atoms. The number of rotatable bonds is 9. The zero-order chi connectivity index (χ0) is 24.2. The molecule has 0 aliphatic heterocycles. The molecule has 0 saturated heterocycles. The number of ether oxygens (including phenoxy) is 1.